The number of nitrogens with one attached hydrogen (secondary N) is 1. The second-order valence-electron chi connectivity index (χ2n) is 6.11. The third-order valence-corrected chi connectivity index (χ3v) is 4.09. The van der Waals surface area contributed by atoms with Crippen molar-refractivity contribution < 1.29 is 9.59 Å². The Kier molecular flexibility index (Phi) is 4.80. The van der Waals surface area contributed by atoms with Crippen LogP contribution in [0.2, 0.25) is 0 Å². The molecule has 25 heavy (non-hydrogen) atoms. The van der Waals surface area contributed by atoms with Crippen molar-refractivity contribution in [3.8, 4) is 0 Å². The molecule has 0 aliphatic heterocycles. The summed E-state index contributed by atoms with van der Waals surface area (Å²) in [5, 5.41) is 2.71. The number of hydrogen-bond donors (Lipinski definition) is 1. The molecule has 1 amide bonds. The number of amides is 1. The van der Waals surface area contributed by atoms with Crippen LogP contribution in [0.15, 0.2) is 66.9 Å². The van der Waals surface area contributed by atoms with E-state index in [1.807, 2.05) is 68.6 Å². The van der Waals surface area contributed by atoms with Crippen LogP contribution in [0.4, 0.5) is 5.69 Å². The van der Waals surface area contributed by atoms with Crippen molar-refractivity contribution >= 4 is 17.4 Å². The molecule has 1 heterocycles. The van der Waals surface area contributed by atoms with Gasteiger partial charge in [-0.2, -0.15) is 0 Å². The van der Waals surface area contributed by atoms with E-state index in [0.29, 0.717) is 17.9 Å². The lowest BCUT2D eigenvalue weighted by Crippen LogP contribution is -2.25. The van der Waals surface area contributed by atoms with E-state index in [-0.39, 0.29) is 0 Å². The number of benzene rings is 2. The quantitative estimate of drug-likeness (QED) is 0.568. The van der Waals surface area contributed by atoms with Crippen molar-refractivity contribution in [1.82, 2.24) is 4.57 Å². The number of carbonyl (C=O) groups is 2. The van der Waals surface area contributed by atoms with Crippen LogP contribution >= 0.6 is 0 Å². The van der Waals surface area contributed by atoms with Crippen molar-refractivity contribution in [1.29, 1.82) is 0 Å². The summed E-state index contributed by atoms with van der Waals surface area (Å²) in [6.45, 7) is 4.44. The number of carbonyl (C=O) groups excluding carboxylic acids is 2. The highest BCUT2D eigenvalue weighted by Gasteiger charge is 2.20. The SMILES string of the molecule is Cc1ccc(NC(=O)C(=O)c2cccn2Cc2ccccc2)c(C)c1. The minimum atomic E-state index is -0.625. The van der Waals surface area contributed by atoms with Gasteiger partial charge < -0.3 is 9.88 Å². The largest absolute Gasteiger partial charge is 0.340 e. The lowest BCUT2D eigenvalue weighted by Gasteiger charge is -2.11. The average Bonchev–Trinajstić information content (AvgIpc) is 3.05. The number of aromatic nitrogens is 1. The zero-order valence-corrected chi connectivity index (χ0v) is 14.3. The topological polar surface area (TPSA) is 51.1 Å². The lowest BCUT2D eigenvalue weighted by atomic mass is 10.1. The predicted molar refractivity (Wildman–Crippen MR) is 98.9 cm³/mol. The summed E-state index contributed by atoms with van der Waals surface area (Å²) in [4.78, 5) is 24.9. The van der Waals surface area contributed by atoms with E-state index in [9.17, 15) is 9.59 Å². The molecule has 0 saturated heterocycles. The van der Waals surface area contributed by atoms with Crippen LogP contribution < -0.4 is 5.32 Å². The standard InChI is InChI=1S/C21H20N2O2/c1-15-10-11-18(16(2)13-15)22-21(25)20(24)19-9-6-12-23(19)14-17-7-4-3-5-8-17/h3-13H,14H2,1-2H3,(H,22,25). The molecule has 126 valence electrons. The molecule has 3 aromatic rings. The van der Waals surface area contributed by atoms with Gasteiger partial charge in [-0.15, -0.1) is 0 Å². The number of nitrogens with zero attached hydrogens (tertiary/aromatic N) is 1. The molecule has 0 fully saturated rings. The van der Waals surface area contributed by atoms with E-state index < -0.39 is 11.7 Å². The summed E-state index contributed by atoms with van der Waals surface area (Å²) in [5.74, 6) is -1.17. The van der Waals surface area contributed by atoms with Gasteiger partial charge in [-0.05, 0) is 43.2 Å². The smallest absolute Gasteiger partial charge is 0.298 e. The third-order valence-electron chi connectivity index (χ3n) is 4.09. The Bertz CT molecular complexity index is 911. The normalized spacial score (nSPS) is 10.5. The second-order valence-corrected chi connectivity index (χ2v) is 6.11. The van der Waals surface area contributed by atoms with Crippen LogP contribution in [0.1, 0.15) is 27.2 Å². The van der Waals surface area contributed by atoms with E-state index in [0.717, 1.165) is 16.7 Å². The van der Waals surface area contributed by atoms with E-state index in [1.165, 1.54) is 0 Å². The van der Waals surface area contributed by atoms with Gasteiger partial charge >= 0.3 is 0 Å². The Morgan fingerprint density at radius 3 is 2.44 bits per heavy atom. The molecule has 2 aromatic carbocycles. The van der Waals surface area contributed by atoms with E-state index in [4.69, 9.17) is 0 Å². The Morgan fingerprint density at radius 2 is 1.72 bits per heavy atom. The molecule has 1 N–H and O–H groups in total. The molecule has 4 nitrogen and oxygen atoms in total. The van der Waals surface area contributed by atoms with Gasteiger partial charge in [-0.1, -0.05) is 48.0 Å². The molecule has 3 rings (SSSR count). The third kappa shape index (κ3) is 3.86. The summed E-state index contributed by atoms with van der Waals surface area (Å²) in [5.41, 5.74) is 4.15. The number of ketones is 1. The Balaban J connectivity index is 1.77. The van der Waals surface area contributed by atoms with Gasteiger partial charge in [0.05, 0.1) is 5.69 Å². The maximum absolute atomic E-state index is 12.6. The molecule has 0 unspecified atom stereocenters. The monoisotopic (exact) mass is 332 g/mol. The summed E-state index contributed by atoms with van der Waals surface area (Å²) >= 11 is 0. The van der Waals surface area contributed by atoms with Gasteiger partial charge in [0.2, 0.25) is 0 Å². The summed E-state index contributed by atoms with van der Waals surface area (Å²) in [7, 11) is 0. The number of rotatable bonds is 5. The highest BCUT2D eigenvalue weighted by atomic mass is 16.2. The highest BCUT2D eigenvalue weighted by molar-refractivity contribution is 6.46. The summed E-state index contributed by atoms with van der Waals surface area (Å²) in [6.07, 6.45) is 1.81. The first-order valence-corrected chi connectivity index (χ1v) is 8.16. The van der Waals surface area contributed by atoms with Crippen LogP contribution in [0.5, 0.6) is 0 Å². The molecule has 0 bridgehead atoms. The molecule has 1 aromatic heterocycles. The van der Waals surface area contributed by atoms with Crippen LogP contribution in [-0.2, 0) is 11.3 Å². The van der Waals surface area contributed by atoms with Crippen molar-refractivity contribution in [2.45, 2.75) is 20.4 Å². The molecule has 0 spiro atoms. The maximum atomic E-state index is 12.6. The Hall–Kier alpha value is -3.14. The van der Waals surface area contributed by atoms with Gasteiger partial charge in [-0.25, -0.2) is 0 Å². The lowest BCUT2D eigenvalue weighted by molar-refractivity contribution is -0.112. The first-order valence-electron chi connectivity index (χ1n) is 8.16. The van der Waals surface area contributed by atoms with Gasteiger partial charge in [0.15, 0.2) is 0 Å². The number of Topliss-reactive ketones (excluding diaryl/α,β-unsaturated/α-hetero) is 1. The molecule has 0 atom stereocenters. The number of anilines is 1. The van der Waals surface area contributed by atoms with E-state index >= 15 is 0 Å². The molecule has 0 radical (unpaired) electrons. The van der Waals surface area contributed by atoms with E-state index in [1.54, 1.807) is 16.7 Å². The van der Waals surface area contributed by atoms with Crippen LogP contribution in [-0.4, -0.2) is 16.3 Å². The second kappa shape index (κ2) is 7.18. The van der Waals surface area contributed by atoms with Crippen LogP contribution in [0, 0.1) is 13.8 Å². The summed E-state index contributed by atoms with van der Waals surface area (Å²) < 4.78 is 1.79. The minimum Gasteiger partial charge on any atom is -0.340 e. The van der Waals surface area contributed by atoms with Gasteiger partial charge in [0, 0.05) is 18.4 Å². The number of aryl methyl sites for hydroxylation is 2. The zero-order chi connectivity index (χ0) is 17.8. The fourth-order valence-electron chi connectivity index (χ4n) is 2.79. The maximum Gasteiger partial charge on any atom is 0.298 e. The predicted octanol–water partition coefficient (Wildman–Crippen LogP) is 3.97. The first-order chi connectivity index (χ1) is 12.0. The van der Waals surface area contributed by atoms with E-state index in [2.05, 4.69) is 5.32 Å². The van der Waals surface area contributed by atoms with Crippen molar-refractivity contribution in [2.24, 2.45) is 0 Å². The zero-order valence-electron chi connectivity index (χ0n) is 14.3. The Labute approximate surface area is 147 Å². The van der Waals surface area contributed by atoms with Crippen LogP contribution in [0.25, 0.3) is 0 Å². The highest BCUT2D eigenvalue weighted by Crippen LogP contribution is 2.17. The van der Waals surface area contributed by atoms with Gasteiger partial charge in [-0.3, -0.25) is 9.59 Å². The molecule has 0 aliphatic rings. The van der Waals surface area contributed by atoms with Crippen molar-refractivity contribution in [2.75, 3.05) is 5.32 Å². The molecule has 0 saturated carbocycles. The van der Waals surface area contributed by atoms with Gasteiger partial charge in [0.25, 0.3) is 11.7 Å². The fourth-order valence-corrected chi connectivity index (χ4v) is 2.79. The van der Waals surface area contributed by atoms with Gasteiger partial charge in [0.1, 0.15) is 0 Å². The van der Waals surface area contributed by atoms with Crippen LogP contribution in [0.3, 0.4) is 0 Å². The van der Waals surface area contributed by atoms with Crippen molar-refractivity contribution in [3.63, 3.8) is 0 Å². The molecule has 4 heteroatoms. The Morgan fingerprint density at radius 1 is 0.960 bits per heavy atom. The summed E-state index contributed by atoms with van der Waals surface area (Å²) in [6, 6.07) is 19.0. The number of hydrogen-bond acceptors (Lipinski definition) is 2. The minimum absolute atomic E-state index is 0.381. The average molecular weight is 332 g/mol. The molecule has 0 aliphatic carbocycles. The van der Waals surface area contributed by atoms with Crippen molar-refractivity contribution in [3.05, 3.63) is 89.2 Å². The fraction of sp³-hybridized carbons (Fsp3) is 0.143. The molecular formula is C21H20N2O2. The molecular weight excluding hydrogens is 312 g/mol. The first kappa shape index (κ1) is 16.7.